The number of carbonyl (C=O) groups is 2. The number of anilines is 1. The maximum atomic E-state index is 11.6. The number of hydrogen-bond acceptors (Lipinski definition) is 5. The molecule has 0 spiro atoms. The van der Waals surface area contributed by atoms with E-state index < -0.39 is 11.9 Å². The molecule has 0 bridgehead atoms. The van der Waals surface area contributed by atoms with Crippen LogP contribution in [0.5, 0.6) is 0 Å². The molecule has 0 amide bonds. The molecule has 1 aromatic heterocycles. The maximum Gasteiger partial charge on any atom is 0.356 e. The van der Waals surface area contributed by atoms with E-state index in [4.69, 9.17) is 0 Å². The largest absolute Gasteiger partial charge is 0.477 e. The zero-order chi connectivity index (χ0) is 19.2. The van der Waals surface area contributed by atoms with Gasteiger partial charge < -0.3 is 10.2 Å². The molecule has 0 saturated carbocycles. The van der Waals surface area contributed by atoms with Gasteiger partial charge in [0, 0.05) is 6.42 Å². The Bertz CT molecular complexity index is 981. The summed E-state index contributed by atoms with van der Waals surface area (Å²) >= 11 is 0. The molecule has 27 heavy (non-hydrogen) atoms. The zero-order valence-electron chi connectivity index (χ0n) is 14.1. The molecule has 8 heteroatoms. The van der Waals surface area contributed by atoms with Crippen molar-refractivity contribution in [3.8, 4) is 5.69 Å². The highest BCUT2D eigenvalue weighted by molar-refractivity contribution is 6.36. The molecular formula is C19H16N4O4. The van der Waals surface area contributed by atoms with Crippen molar-refractivity contribution >= 4 is 23.3 Å². The van der Waals surface area contributed by atoms with Crippen LogP contribution >= 0.6 is 0 Å². The number of hydrazone groups is 1. The van der Waals surface area contributed by atoms with Gasteiger partial charge in [-0.15, -0.1) is 0 Å². The molecular weight excluding hydrogens is 348 g/mol. The number of aliphatic carboxylic acids is 1. The number of aromatic nitrogens is 2. The third-order valence-corrected chi connectivity index (χ3v) is 3.69. The van der Waals surface area contributed by atoms with E-state index in [1.807, 2.05) is 12.1 Å². The highest BCUT2D eigenvalue weighted by Gasteiger charge is 2.19. The van der Waals surface area contributed by atoms with Crippen LogP contribution in [0.1, 0.15) is 16.2 Å². The lowest BCUT2D eigenvalue weighted by Crippen LogP contribution is -2.19. The van der Waals surface area contributed by atoms with Crippen molar-refractivity contribution in [2.45, 2.75) is 6.42 Å². The van der Waals surface area contributed by atoms with Gasteiger partial charge in [0.25, 0.3) is 0 Å². The minimum absolute atomic E-state index is 0.107. The van der Waals surface area contributed by atoms with Gasteiger partial charge in [0.15, 0.2) is 11.4 Å². The Labute approximate surface area is 154 Å². The van der Waals surface area contributed by atoms with E-state index in [1.54, 1.807) is 48.5 Å². The average Bonchev–Trinajstić information content (AvgIpc) is 3.10. The van der Waals surface area contributed by atoms with Crippen LogP contribution < -0.4 is 5.43 Å². The monoisotopic (exact) mass is 364 g/mol. The van der Waals surface area contributed by atoms with Gasteiger partial charge in [-0.05, 0) is 30.3 Å². The van der Waals surface area contributed by atoms with E-state index >= 15 is 0 Å². The normalized spacial score (nSPS) is 11.2. The van der Waals surface area contributed by atoms with Crippen molar-refractivity contribution in [1.29, 1.82) is 0 Å². The summed E-state index contributed by atoms with van der Waals surface area (Å²) in [6.07, 6.45) is -0.107. The first kappa shape index (κ1) is 17.9. The zero-order valence-corrected chi connectivity index (χ0v) is 14.1. The fourth-order valence-electron chi connectivity index (χ4n) is 2.42. The summed E-state index contributed by atoms with van der Waals surface area (Å²) in [7, 11) is 0. The van der Waals surface area contributed by atoms with Gasteiger partial charge >= 0.3 is 11.9 Å². The van der Waals surface area contributed by atoms with Crippen molar-refractivity contribution in [2.75, 3.05) is 5.43 Å². The van der Waals surface area contributed by atoms with E-state index in [0.717, 1.165) is 0 Å². The molecule has 3 N–H and O–H groups in total. The molecule has 0 atom stereocenters. The maximum absolute atomic E-state index is 11.6. The molecule has 0 unspecified atom stereocenters. The summed E-state index contributed by atoms with van der Waals surface area (Å²) < 4.78 is 1.41. The van der Waals surface area contributed by atoms with Crippen LogP contribution in [-0.2, 0) is 11.2 Å². The van der Waals surface area contributed by atoms with Crippen LogP contribution in [0.2, 0.25) is 0 Å². The van der Waals surface area contributed by atoms with Gasteiger partial charge in [-0.2, -0.15) is 10.2 Å². The van der Waals surface area contributed by atoms with Gasteiger partial charge in [-0.25, -0.2) is 14.3 Å². The average molecular weight is 364 g/mol. The molecule has 2 aromatic carbocycles. The molecule has 1 heterocycles. The number of para-hydroxylation sites is 2. The molecule has 3 rings (SSSR count). The summed E-state index contributed by atoms with van der Waals surface area (Å²) in [4.78, 5) is 22.9. The van der Waals surface area contributed by atoms with Gasteiger partial charge in [0.05, 0.1) is 17.1 Å². The second kappa shape index (κ2) is 7.96. The van der Waals surface area contributed by atoms with E-state index in [1.165, 1.54) is 10.7 Å². The topological polar surface area (TPSA) is 117 Å². The summed E-state index contributed by atoms with van der Waals surface area (Å²) in [6.45, 7) is 0. The number of carboxylic acid groups (broad SMARTS) is 2. The molecule has 136 valence electrons. The van der Waals surface area contributed by atoms with Crippen LogP contribution in [0.4, 0.5) is 5.69 Å². The number of nitrogens with one attached hydrogen (secondary N) is 1. The molecule has 0 fully saturated rings. The molecule has 3 aromatic rings. The smallest absolute Gasteiger partial charge is 0.356 e. The number of nitrogens with zero attached hydrogens (tertiary/aromatic N) is 3. The first-order chi connectivity index (χ1) is 13.0. The summed E-state index contributed by atoms with van der Waals surface area (Å²) in [5, 5.41) is 26.7. The van der Waals surface area contributed by atoms with Crippen molar-refractivity contribution in [3.05, 3.63) is 78.1 Å². The predicted octanol–water partition coefficient (Wildman–Crippen LogP) is 2.67. The summed E-state index contributed by atoms with van der Waals surface area (Å²) in [5.41, 5.74) is 4.01. The Morgan fingerprint density at radius 2 is 1.63 bits per heavy atom. The van der Waals surface area contributed by atoms with Gasteiger partial charge in [-0.3, -0.25) is 5.43 Å². The lowest BCUT2D eigenvalue weighted by Gasteiger charge is -2.08. The Hall–Kier alpha value is -3.94. The molecule has 0 radical (unpaired) electrons. The Balaban J connectivity index is 1.94. The van der Waals surface area contributed by atoms with E-state index in [2.05, 4.69) is 15.6 Å². The van der Waals surface area contributed by atoms with Crippen LogP contribution in [-0.4, -0.2) is 37.6 Å². The molecule has 8 nitrogen and oxygen atoms in total. The fraction of sp³-hybridized carbons (Fsp3) is 0.0526. The Morgan fingerprint density at radius 3 is 2.22 bits per heavy atom. The van der Waals surface area contributed by atoms with Gasteiger partial charge in [0.2, 0.25) is 0 Å². The summed E-state index contributed by atoms with van der Waals surface area (Å²) in [5.74, 6) is -2.40. The van der Waals surface area contributed by atoms with Gasteiger partial charge in [0.1, 0.15) is 0 Å². The Morgan fingerprint density at radius 1 is 1.00 bits per heavy atom. The van der Waals surface area contributed by atoms with Crippen LogP contribution in [0, 0.1) is 0 Å². The van der Waals surface area contributed by atoms with Crippen LogP contribution in [0.15, 0.2) is 71.8 Å². The van der Waals surface area contributed by atoms with Crippen LogP contribution in [0.3, 0.4) is 0 Å². The number of benzene rings is 2. The highest BCUT2D eigenvalue weighted by atomic mass is 16.4. The SMILES string of the molecule is O=C(O)/C(Cc1cc(C(=O)O)nn1-c1ccccc1)=N\Nc1ccccc1. The van der Waals surface area contributed by atoms with Crippen molar-refractivity contribution in [1.82, 2.24) is 9.78 Å². The first-order valence-electron chi connectivity index (χ1n) is 8.03. The quantitative estimate of drug-likeness (QED) is 0.438. The minimum Gasteiger partial charge on any atom is -0.477 e. The van der Waals surface area contributed by atoms with Crippen LogP contribution in [0.25, 0.3) is 5.69 Å². The number of rotatable bonds is 7. The fourth-order valence-corrected chi connectivity index (χ4v) is 2.42. The molecule has 0 saturated heterocycles. The summed E-state index contributed by atoms with van der Waals surface area (Å²) in [6, 6.07) is 19.1. The van der Waals surface area contributed by atoms with Crippen molar-refractivity contribution in [3.63, 3.8) is 0 Å². The molecule has 0 aliphatic rings. The number of carboxylic acids is 2. The predicted molar refractivity (Wildman–Crippen MR) is 99.4 cm³/mol. The van der Waals surface area contributed by atoms with E-state index in [0.29, 0.717) is 17.1 Å². The molecule has 0 aliphatic heterocycles. The van der Waals surface area contributed by atoms with Gasteiger partial charge in [-0.1, -0.05) is 36.4 Å². The first-order valence-corrected chi connectivity index (χ1v) is 8.03. The minimum atomic E-state index is -1.21. The van der Waals surface area contributed by atoms with E-state index in [-0.39, 0.29) is 17.8 Å². The standard InChI is InChI=1S/C19H16N4O4/c24-18(25)16(21-20-13-7-3-1-4-8-13)11-15-12-17(19(26)27)22-23(15)14-9-5-2-6-10-14/h1-10,12,20H,11H2,(H,24,25)(H,26,27)/b21-16-. The highest BCUT2D eigenvalue weighted by Crippen LogP contribution is 2.15. The third-order valence-electron chi connectivity index (χ3n) is 3.69. The van der Waals surface area contributed by atoms with Crippen molar-refractivity contribution < 1.29 is 19.8 Å². The third kappa shape index (κ3) is 4.37. The lowest BCUT2D eigenvalue weighted by atomic mass is 10.2. The lowest BCUT2D eigenvalue weighted by molar-refractivity contribution is -0.129. The Kier molecular flexibility index (Phi) is 5.27. The number of aromatic carboxylic acids is 1. The second-order valence-electron chi connectivity index (χ2n) is 5.59. The van der Waals surface area contributed by atoms with E-state index in [9.17, 15) is 19.8 Å². The molecule has 0 aliphatic carbocycles. The number of hydrogen-bond donors (Lipinski definition) is 3. The second-order valence-corrected chi connectivity index (χ2v) is 5.59. The van der Waals surface area contributed by atoms with Crippen molar-refractivity contribution in [2.24, 2.45) is 5.10 Å².